The van der Waals surface area contributed by atoms with Crippen molar-refractivity contribution in [1.82, 2.24) is 0 Å². The maximum absolute atomic E-state index is 10.1. The molecule has 0 aromatic carbocycles. The van der Waals surface area contributed by atoms with E-state index in [4.69, 9.17) is 9.90 Å². The predicted molar refractivity (Wildman–Crippen MR) is 45.9 cm³/mol. The van der Waals surface area contributed by atoms with Gasteiger partial charge in [-0.3, -0.25) is 9.59 Å². The standard InChI is InChI=1S/C7H10O.C2H4O2/c8-6-7-4-2-1-3-5-7;1-2(3)4/h4,6H,1-3,5H2;1H3,(H,3,4). The molecule has 0 aromatic heterocycles. The maximum atomic E-state index is 10.1. The summed E-state index contributed by atoms with van der Waals surface area (Å²) in [7, 11) is 0. The van der Waals surface area contributed by atoms with Gasteiger partial charge >= 0.3 is 0 Å². The molecule has 1 aliphatic carbocycles. The second kappa shape index (κ2) is 6.58. The van der Waals surface area contributed by atoms with Gasteiger partial charge in [0.1, 0.15) is 6.29 Å². The Balaban J connectivity index is 0.000000261. The number of carboxylic acids is 1. The van der Waals surface area contributed by atoms with Crippen molar-refractivity contribution < 1.29 is 14.7 Å². The highest BCUT2D eigenvalue weighted by molar-refractivity contribution is 5.73. The minimum Gasteiger partial charge on any atom is -0.481 e. The van der Waals surface area contributed by atoms with Gasteiger partial charge in [-0.25, -0.2) is 0 Å². The van der Waals surface area contributed by atoms with Crippen LogP contribution in [0.2, 0.25) is 0 Å². The van der Waals surface area contributed by atoms with Crippen LogP contribution in [0.15, 0.2) is 11.6 Å². The molecule has 0 fully saturated rings. The molecule has 12 heavy (non-hydrogen) atoms. The summed E-state index contributed by atoms with van der Waals surface area (Å²) in [5.41, 5.74) is 0.997. The Morgan fingerprint density at radius 3 is 2.42 bits per heavy atom. The maximum Gasteiger partial charge on any atom is 0.300 e. The van der Waals surface area contributed by atoms with Crippen LogP contribution in [0.3, 0.4) is 0 Å². The second-order valence-electron chi connectivity index (χ2n) is 2.66. The SMILES string of the molecule is CC(=O)O.O=CC1=CCCCC1. The van der Waals surface area contributed by atoms with Crippen molar-refractivity contribution >= 4 is 12.3 Å². The Labute approximate surface area is 72.1 Å². The predicted octanol–water partition coefficient (Wildman–Crippen LogP) is 1.78. The van der Waals surface area contributed by atoms with Crippen molar-refractivity contribution in [2.45, 2.75) is 32.6 Å². The summed E-state index contributed by atoms with van der Waals surface area (Å²) in [6.45, 7) is 1.08. The minimum atomic E-state index is -0.833. The summed E-state index contributed by atoms with van der Waals surface area (Å²) >= 11 is 0. The van der Waals surface area contributed by atoms with Gasteiger partial charge in [0.15, 0.2) is 0 Å². The molecule has 0 saturated heterocycles. The third-order valence-electron chi connectivity index (χ3n) is 1.48. The van der Waals surface area contributed by atoms with Crippen molar-refractivity contribution in [3.05, 3.63) is 11.6 Å². The first kappa shape index (κ1) is 10.9. The number of allylic oxidation sites excluding steroid dienone is 2. The first-order valence-corrected chi connectivity index (χ1v) is 4.00. The Hall–Kier alpha value is -1.12. The smallest absolute Gasteiger partial charge is 0.300 e. The van der Waals surface area contributed by atoms with E-state index in [1.54, 1.807) is 0 Å². The van der Waals surface area contributed by atoms with E-state index in [2.05, 4.69) is 0 Å². The first-order chi connectivity index (χ1) is 5.66. The number of hydrogen-bond acceptors (Lipinski definition) is 2. The number of hydrogen-bond donors (Lipinski definition) is 1. The van der Waals surface area contributed by atoms with E-state index in [0.717, 1.165) is 31.6 Å². The molecule has 1 N–H and O–H groups in total. The number of aliphatic carboxylic acids is 1. The molecule has 3 nitrogen and oxygen atoms in total. The summed E-state index contributed by atoms with van der Waals surface area (Å²) in [4.78, 5) is 19.1. The summed E-state index contributed by atoms with van der Waals surface area (Å²) < 4.78 is 0. The molecule has 0 atom stereocenters. The third-order valence-corrected chi connectivity index (χ3v) is 1.48. The van der Waals surface area contributed by atoms with Crippen LogP contribution < -0.4 is 0 Å². The van der Waals surface area contributed by atoms with Crippen LogP contribution in [0.5, 0.6) is 0 Å². The monoisotopic (exact) mass is 170 g/mol. The normalized spacial score (nSPS) is 15.2. The highest BCUT2D eigenvalue weighted by Gasteiger charge is 1.99. The topological polar surface area (TPSA) is 54.4 Å². The van der Waals surface area contributed by atoms with Gasteiger partial charge in [0, 0.05) is 6.92 Å². The molecular weight excluding hydrogens is 156 g/mol. The van der Waals surface area contributed by atoms with Gasteiger partial charge in [-0.2, -0.15) is 0 Å². The first-order valence-electron chi connectivity index (χ1n) is 4.00. The molecule has 3 heteroatoms. The second-order valence-corrected chi connectivity index (χ2v) is 2.66. The quantitative estimate of drug-likeness (QED) is 0.610. The van der Waals surface area contributed by atoms with Gasteiger partial charge in [0.25, 0.3) is 5.97 Å². The van der Waals surface area contributed by atoms with Crippen LogP contribution in [0.25, 0.3) is 0 Å². The summed E-state index contributed by atoms with van der Waals surface area (Å²) in [6, 6.07) is 0. The molecule has 0 aliphatic heterocycles. The average Bonchev–Trinajstić information content (AvgIpc) is 2.05. The fourth-order valence-electron chi connectivity index (χ4n) is 0.970. The van der Waals surface area contributed by atoms with E-state index in [1.165, 1.54) is 12.8 Å². The molecule has 0 amide bonds. The molecule has 0 saturated carbocycles. The molecular formula is C9H14O3. The molecule has 0 spiro atoms. The van der Waals surface area contributed by atoms with E-state index in [0.29, 0.717) is 0 Å². The number of aldehydes is 1. The zero-order valence-electron chi connectivity index (χ0n) is 7.25. The van der Waals surface area contributed by atoms with Gasteiger partial charge in [0.05, 0.1) is 0 Å². The van der Waals surface area contributed by atoms with Crippen LogP contribution in [0, 0.1) is 0 Å². The lowest BCUT2D eigenvalue weighted by atomic mass is 10.0. The number of carbonyl (C=O) groups is 2. The van der Waals surface area contributed by atoms with Gasteiger partial charge in [0.2, 0.25) is 0 Å². The molecule has 0 unspecified atom stereocenters. The highest BCUT2D eigenvalue weighted by Crippen LogP contribution is 2.14. The molecule has 1 aliphatic rings. The molecule has 0 bridgehead atoms. The number of rotatable bonds is 1. The van der Waals surface area contributed by atoms with Crippen LogP contribution in [-0.4, -0.2) is 17.4 Å². The lowest BCUT2D eigenvalue weighted by Crippen LogP contribution is -1.91. The fraction of sp³-hybridized carbons (Fsp3) is 0.556. The summed E-state index contributed by atoms with van der Waals surface area (Å²) in [6.07, 6.45) is 7.58. The molecule has 1 rings (SSSR count). The lowest BCUT2D eigenvalue weighted by molar-refractivity contribution is -0.134. The Bertz CT molecular complexity index is 178. The molecule has 0 aromatic rings. The summed E-state index contributed by atoms with van der Waals surface area (Å²) in [5.74, 6) is -0.833. The molecule has 0 radical (unpaired) electrons. The number of carbonyl (C=O) groups excluding carboxylic acids is 1. The average molecular weight is 170 g/mol. The lowest BCUT2D eigenvalue weighted by Gasteiger charge is -2.04. The van der Waals surface area contributed by atoms with Crippen molar-refractivity contribution in [2.75, 3.05) is 0 Å². The van der Waals surface area contributed by atoms with Crippen LogP contribution >= 0.6 is 0 Å². The zero-order chi connectivity index (χ0) is 9.40. The van der Waals surface area contributed by atoms with Gasteiger partial charge in [-0.05, 0) is 31.3 Å². The van der Waals surface area contributed by atoms with Gasteiger partial charge < -0.3 is 5.11 Å². The van der Waals surface area contributed by atoms with E-state index < -0.39 is 5.97 Å². The highest BCUT2D eigenvalue weighted by atomic mass is 16.4. The van der Waals surface area contributed by atoms with E-state index in [1.807, 2.05) is 6.08 Å². The molecule has 0 heterocycles. The Morgan fingerprint density at radius 2 is 2.17 bits per heavy atom. The van der Waals surface area contributed by atoms with E-state index >= 15 is 0 Å². The van der Waals surface area contributed by atoms with Crippen molar-refractivity contribution in [1.29, 1.82) is 0 Å². The largest absolute Gasteiger partial charge is 0.481 e. The zero-order valence-corrected chi connectivity index (χ0v) is 7.25. The summed E-state index contributed by atoms with van der Waals surface area (Å²) in [5, 5.41) is 7.42. The van der Waals surface area contributed by atoms with Crippen molar-refractivity contribution in [3.8, 4) is 0 Å². The third kappa shape index (κ3) is 6.99. The van der Waals surface area contributed by atoms with Gasteiger partial charge in [-0.15, -0.1) is 0 Å². The van der Waals surface area contributed by atoms with E-state index in [9.17, 15) is 4.79 Å². The van der Waals surface area contributed by atoms with Crippen molar-refractivity contribution in [2.24, 2.45) is 0 Å². The minimum absolute atomic E-state index is 0.833. The number of carboxylic acid groups (broad SMARTS) is 1. The van der Waals surface area contributed by atoms with E-state index in [-0.39, 0.29) is 0 Å². The Morgan fingerprint density at radius 1 is 1.58 bits per heavy atom. The van der Waals surface area contributed by atoms with Crippen molar-refractivity contribution in [3.63, 3.8) is 0 Å². The van der Waals surface area contributed by atoms with Crippen LogP contribution in [0.1, 0.15) is 32.6 Å². The molecule has 68 valence electrons. The Kier molecular flexibility index (Phi) is 5.97. The van der Waals surface area contributed by atoms with Crippen LogP contribution in [0.4, 0.5) is 0 Å². The van der Waals surface area contributed by atoms with Crippen LogP contribution in [-0.2, 0) is 9.59 Å². The van der Waals surface area contributed by atoms with Gasteiger partial charge in [-0.1, -0.05) is 6.08 Å². The fourth-order valence-corrected chi connectivity index (χ4v) is 0.970.